The predicted molar refractivity (Wildman–Crippen MR) is 122 cm³/mol. The number of esters is 2. The summed E-state index contributed by atoms with van der Waals surface area (Å²) < 4.78 is 16.9. The van der Waals surface area contributed by atoms with Crippen molar-refractivity contribution in [1.29, 1.82) is 0 Å². The van der Waals surface area contributed by atoms with Gasteiger partial charge in [0.1, 0.15) is 6.10 Å². The zero-order chi connectivity index (χ0) is 23.2. The lowest BCUT2D eigenvalue weighted by Gasteiger charge is -2.38. The molecule has 0 heterocycles. The zero-order valence-electron chi connectivity index (χ0n) is 20.6. The lowest BCUT2D eigenvalue weighted by Crippen LogP contribution is -2.43. The van der Waals surface area contributed by atoms with Gasteiger partial charge in [0, 0.05) is 5.92 Å². The van der Waals surface area contributed by atoms with E-state index in [4.69, 9.17) is 14.2 Å². The maximum absolute atomic E-state index is 12.8. The van der Waals surface area contributed by atoms with E-state index in [1.807, 2.05) is 19.9 Å². The van der Waals surface area contributed by atoms with E-state index in [0.717, 1.165) is 44.9 Å². The van der Waals surface area contributed by atoms with Crippen LogP contribution in [0.4, 0.5) is 0 Å². The summed E-state index contributed by atoms with van der Waals surface area (Å²) in [5.41, 5.74) is -0.776. The highest BCUT2D eigenvalue weighted by Gasteiger charge is 2.53. The van der Waals surface area contributed by atoms with E-state index in [1.165, 1.54) is 0 Å². The van der Waals surface area contributed by atoms with Crippen molar-refractivity contribution < 1.29 is 23.8 Å². The van der Waals surface area contributed by atoms with Gasteiger partial charge in [-0.05, 0) is 69.6 Å². The Hall–Kier alpha value is -1.36. The van der Waals surface area contributed by atoms with Gasteiger partial charge in [-0.2, -0.15) is 0 Å². The van der Waals surface area contributed by atoms with Crippen LogP contribution in [-0.2, 0) is 23.8 Å². The van der Waals surface area contributed by atoms with Crippen molar-refractivity contribution in [2.24, 2.45) is 34.5 Å². The lowest BCUT2D eigenvalue weighted by atomic mass is 9.69. The monoisotopic (exact) mass is 436 g/mol. The maximum atomic E-state index is 12.8. The standard InChI is InChI=1S/C26H44O5/c1-8-11-18(9-2)12-10-13-29-17-30-23(27)21-15-19-14-20(21)22(16-19)31-24(28)26(6,7)25(3,4)5/h8,18-22H,1,9-17H2,2-7H3. The quantitative estimate of drug-likeness (QED) is 0.165. The van der Waals surface area contributed by atoms with Crippen LogP contribution in [0.1, 0.15) is 86.5 Å². The molecule has 2 aliphatic rings. The van der Waals surface area contributed by atoms with Crippen LogP contribution < -0.4 is 0 Å². The Balaban J connectivity index is 1.75. The van der Waals surface area contributed by atoms with E-state index in [0.29, 0.717) is 18.4 Å². The topological polar surface area (TPSA) is 61.8 Å². The normalized spacial score (nSPS) is 26.5. The van der Waals surface area contributed by atoms with Gasteiger partial charge in [0.05, 0.1) is 17.9 Å². The smallest absolute Gasteiger partial charge is 0.312 e. The second-order valence-corrected chi connectivity index (χ2v) is 11.1. The molecule has 31 heavy (non-hydrogen) atoms. The first-order valence-electron chi connectivity index (χ1n) is 12.1. The van der Waals surface area contributed by atoms with Crippen molar-refractivity contribution in [1.82, 2.24) is 0 Å². The number of allylic oxidation sites excluding steroid dienone is 1. The molecule has 2 saturated carbocycles. The highest BCUT2D eigenvalue weighted by Crippen LogP contribution is 2.51. The number of hydrogen-bond acceptors (Lipinski definition) is 5. The maximum Gasteiger partial charge on any atom is 0.312 e. The fourth-order valence-electron chi connectivity index (χ4n) is 4.75. The molecule has 2 rings (SSSR count). The molecular formula is C26H44O5. The summed E-state index contributed by atoms with van der Waals surface area (Å²) >= 11 is 0. The van der Waals surface area contributed by atoms with E-state index >= 15 is 0 Å². The molecule has 0 aromatic carbocycles. The fourth-order valence-corrected chi connectivity index (χ4v) is 4.75. The van der Waals surface area contributed by atoms with E-state index in [-0.39, 0.29) is 42.1 Å². The van der Waals surface area contributed by atoms with Crippen LogP contribution in [0.25, 0.3) is 0 Å². The van der Waals surface area contributed by atoms with E-state index in [2.05, 4.69) is 34.3 Å². The molecule has 0 spiro atoms. The number of hydrogen-bond donors (Lipinski definition) is 0. The SMILES string of the molecule is C=CCC(CC)CCCOCOC(=O)C1CC2CC(OC(=O)C(C)(C)C(C)(C)C)C1C2. The van der Waals surface area contributed by atoms with Crippen molar-refractivity contribution >= 4 is 11.9 Å². The van der Waals surface area contributed by atoms with Crippen molar-refractivity contribution in [3.05, 3.63) is 12.7 Å². The number of ether oxygens (including phenoxy) is 3. The molecule has 0 radical (unpaired) electrons. The Morgan fingerprint density at radius 1 is 1.13 bits per heavy atom. The first kappa shape index (κ1) is 25.9. The molecule has 0 N–H and O–H groups in total. The lowest BCUT2D eigenvalue weighted by molar-refractivity contribution is -0.175. The average Bonchev–Trinajstić information content (AvgIpc) is 3.29. The van der Waals surface area contributed by atoms with Crippen molar-refractivity contribution in [3.63, 3.8) is 0 Å². The highest BCUT2D eigenvalue weighted by molar-refractivity contribution is 5.77. The molecule has 0 aliphatic heterocycles. The Morgan fingerprint density at radius 3 is 2.42 bits per heavy atom. The molecule has 2 aliphatic carbocycles. The van der Waals surface area contributed by atoms with Gasteiger partial charge in [-0.1, -0.05) is 40.2 Å². The first-order valence-corrected chi connectivity index (χ1v) is 12.1. The second-order valence-electron chi connectivity index (χ2n) is 11.1. The van der Waals surface area contributed by atoms with Gasteiger partial charge in [-0.3, -0.25) is 9.59 Å². The number of rotatable bonds is 12. The summed E-state index contributed by atoms with van der Waals surface area (Å²) in [6.45, 7) is 16.6. The molecule has 0 amide bonds. The minimum atomic E-state index is -0.582. The van der Waals surface area contributed by atoms with Gasteiger partial charge in [0.2, 0.25) is 0 Å². The molecule has 5 nitrogen and oxygen atoms in total. The summed E-state index contributed by atoms with van der Waals surface area (Å²) in [4.78, 5) is 25.5. The van der Waals surface area contributed by atoms with Gasteiger partial charge >= 0.3 is 11.9 Å². The molecule has 178 valence electrons. The second kappa shape index (κ2) is 11.0. The third kappa shape index (κ3) is 6.57. The molecule has 2 bridgehead atoms. The van der Waals surface area contributed by atoms with Gasteiger partial charge in [-0.15, -0.1) is 6.58 Å². The van der Waals surface area contributed by atoms with Crippen LogP contribution in [0, 0.1) is 34.5 Å². The van der Waals surface area contributed by atoms with Crippen LogP contribution in [0.3, 0.4) is 0 Å². The predicted octanol–water partition coefficient (Wildman–Crippen LogP) is 5.92. The Kier molecular flexibility index (Phi) is 9.17. The Morgan fingerprint density at radius 2 is 1.84 bits per heavy atom. The van der Waals surface area contributed by atoms with Gasteiger partial charge in [0.15, 0.2) is 6.79 Å². The minimum absolute atomic E-state index is 0.00643. The van der Waals surface area contributed by atoms with Gasteiger partial charge < -0.3 is 14.2 Å². The van der Waals surface area contributed by atoms with Crippen LogP contribution in [-0.4, -0.2) is 31.4 Å². The molecule has 5 unspecified atom stereocenters. The largest absolute Gasteiger partial charge is 0.462 e. The molecular weight excluding hydrogens is 392 g/mol. The molecule has 0 saturated heterocycles. The highest BCUT2D eigenvalue weighted by atomic mass is 16.7. The van der Waals surface area contributed by atoms with Crippen LogP contribution >= 0.6 is 0 Å². The van der Waals surface area contributed by atoms with Crippen LogP contribution in [0.15, 0.2) is 12.7 Å². The van der Waals surface area contributed by atoms with Crippen molar-refractivity contribution in [2.45, 2.75) is 92.6 Å². The third-order valence-corrected chi connectivity index (χ3v) is 7.96. The molecule has 0 aromatic heterocycles. The summed E-state index contributed by atoms with van der Waals surface area (Å²) in [6, 6.07) is 0. The van der Waals surface area contributed by atoms with Crippen LogP contribution in [0.2, 0.25) is 0 Å². The number of fused-ring (bicyclic) bond motifs is 2. The van der Waals surface area contributed by atoms with E-state index < -0.39 is 5.41 Å². The molecule has 5 atom stereocenters. The van der Waals surface area contributed by atoms with Gasteiger partial charge in [0.25, 0.3) is 0 Å². The molecule has 0 aromatic rings. The average molecular weight is 437 g/mol. The molecule has 5 heteroatoms. The first-order chi connectivity index (χ1) is 14.5. The van der Waals surface area contributed by atoms with Crippen molar-refractivity contribution in [3.8, 4) is 0 Å². The van der Waals surface area contributed by atoms with Crippen molar-refractivity contribution in [2.75, 3.05) is 13.4 Å². The Bertz CT molecular complexity index is 618. The third-order valence-electron chi connectivity index (χ3n) is 7.96. The fraction of sp³-hybridized carbons (Fsp3) is 0.846. The summed E-state index contributed by atoms with van der Waals surface area (Å²) in [6.07, 6.45) is 8.66. The zero-order valence-corrected chi connectivity index (χ0v) is 20.6. The summed E-state index contributed by atoms with van der Waals surface area (Å²) in [7, 11) is 0. The molecule has 2 fully saturated rings. The van der Waals surface area contributed by atoms with Crippen LogP contribution in [0.5, 0.6) is 0 Å². The van der Waals surface area contributed by atoms with Gasteiger partial charge in [-0.25, -0.2) is 0 Å². The Labute approximate surface area is 189 Å². The number of carbonyl (C=O) groups excluding carboxylic acids is 2. The van der Waals surface area contributed by atoms with E-state index in [9.17, 15) is 9.59 Å². The number of carbonyl (C=O) groups is 2. The summed E-state index contributed by atoms with van der Waals surface area (Å²) in [5, 5.41) is 0. The summed E-state index contributed by atoms with van der Waals surface area (Å²) in [5.74, 6) is 0.600. The van der Waals surface area contributed by atoms with E-state index in [1.54, 1.807) is 0 Å². The minimum Gasteiger partial charge on any atom is -0.462 e.